The Labute approximate surface area is 97.8 Å². The molecule has 0 saturated heterocycles. The third-order valence-electron chi connectivity index (χ3n) is 2.70. The molecule has 84 valence electrons. The molecule has 0 saturated carbocycles. The van der Waals surface area contributed by atoms with Gasteiger partial charge >= 0.3 is 0 Å². The summed E-state index contributed by atoms with van der Waals surface area (Å²) in [5.41, 5.74) is 1.38. The molecule has 0 radical (unpaired) electrons. The van der Waals surface area contributed by atoms with Crippen molar-refractivity contribution >= 4 is 11.6 Å². The van der Waals surface area contributed by atoms with E-state index >= 15 is 0 Å². The van der Waals surface area contributed by atoms with Gasteiger partial charge in [-0.3, -0.25) is 0 Å². The summed E-state index contributed by atoms with van der Waals surface area (Å²) in [6.45, 7) is 6.56. The van der Waals surface area contributed by atoms with Crippen LogP contribution in [0, 0.1) is 5.92 Å². The number of hydrogen-bond donors (Lipinski definition) is 1. The Morgan fingerprint density at radius 3 is 2.40 bits per heavy atom. The van der Waals surface area contributed by atoms with Gasteiger partial charge in [0.2, 0.25) is 0 Å². The SMILES string of the molecule is CCNCC(CC)Cc1ccc(Cl)cc1. The molecule has 15 heavy (non-hydrogen) atoms. The van der Waals surface area contributed by atoms with Crippen LogP contribution in [0.15, 0.2) is 24.3 Å². The Kier molecular flexibility index (Phi) is 5.74. The van der Waals surface area contributed by atoms with Gasteiger partial charge in [0.25, 0.3) is 0 Å². The fraction of sp³-hybridized carbons (Fsp3) is 0.538. The minimum atomic E-state index is 0.728. The van der Waals surface area contributed by atoms with Crippen molar-refractivity contribution in [2.45, 2.75) is 26.7 Å². The summed E-state index contributed by atoms with van der Waals surface area (Å²) in [6.07, 6.45) is 2.36. The first-order valence-electron chi connectivity index (χ1n) is 5.71. The molecule has 2 heteroatoms. The van der Waals surface area contributed by atoms with Crippen molar-refractivity contribution in [3.63, 3.8) is 0 Å². The molecule has 0 aromatic heterocycles. The molecule has 1 aromatic carbocycles. The molecule has 1 N–H and O–H groups in total. The van der Waals surface area contributed by atoms with Gasteiger partial charge in [0.1, 0.15) is 0 Å². The van der Waals surface area contributed by atoms with Crippen LogP contribution in [0.2, 0.25) is 5.02 Å². The van der Waals surface area contributed by atoms with Crippen LogP contribution in [0.25, 0.3) is 0 Å². The van der Waals surface area contributed by atoms with Gasteiger partial charge in [-0.25, -0.2) is 0 Å². The van der Waals surface area contributed by atoms with E-state index in [1.165, 1.54) is 12.0 Å². The summed E-state index contributed by atoms with van der Waals surface area (Å²) >= 11 is 5.85. The van der Waals surface area contributed by atoms with E-state index in [9.17, 15) is 0 Å². The summed E-state index contributed by atoms with van der Waals surface area (Å²) in [6, 6.07) is 8.18. The van der Waals surface area contributed by atoms with Crippen LogP contribution < -0.4 is 5.32 Å². The summed E-state index contributed by atoms with van der Waals surface area (Å²) in [4.78, 5) is 0. The summed E-state index contributed by atoms with van der Waals surface area (Å²) in [5.74, 6) is 0.728. The standard InChI is InChI=1S/C13H20ClN/c1-3-11(10-15-4-2)9-12-5-7-13(14)8-6-12/h5-8,11,15H,3-4,9-10H2,1-2H3. The number of benzene rings is 1. The number of rotatable bonds is 6. The highest BCUT2D eigenvalue weighted by Gasteiger charge is 2.06. The fourth-order valence-electron chi connectivity index (χ4n) is 1.66. The van der Waals surface area contributed by atoms with Crippen LogP contribution in [0.1, 0.15) is 25.8 Å². The maximum Gasteiger partial charge on any atom is 0.0406 e. The lowest BCUT2D eigenvalue weighted by molar-refractivity contribution is 0.467. The largest absolute Gasteiger partial charge is 0.317 e. The molecule has 0 aliphatic carbocycles. The van der Waals surface area contributed by atoms with Gasteiger partial charge in [-0.05, 0) is 43.1 Å². The second-order valence-electron chi connectivity index (χ2n) is 3.91. The van der Waals surface area contributed by atoms with Crippen LogP contribution in [0.5, 0.6) is 0 Å². The van der Waals surface area contributed by atoms with Crippen LogP contribution in [-0.4, -0.2) is 13.1 Å². The van der Waals surface area contributed by atoms with Gasteiger partial charge in [-0.15, -0.1) is 0 Å². The molecule has 0 aliphatic rings. The molecule has 1 aromatic rings. The van der Waals surface area contributed by atoms with Crippen molar-refractivity contribution < 1.29 is 0 Å². The zero-order chi connectivity index (χ0) is 11.1. The van der Waals surface area contributed by atoms with E-state index in [1.54, 1.807) is 0 Å². The predicted octanol–water partition coefficient (Wildman–Crippen LogP) is 3.52. The van der Waals surface area contributed by atoms with E-state index in [4.69, 9.17) is 11.6 Å². The molecule has 0 spiro atoms. The normalized spacial score (nSPS) is 12.7. The molecule has 0 fully saturated rings. The van der Waals surface area contributed by atoms with E-state index in [1.807, 2.05) is 12.1 Å². The fourth-order valence-corrected chi connectivity index (χ4v) is 1.79. The number of nitrogens with one attached hydrogen (secondary N) is 1. The zero-order valence-electron chi connectivity index (χ0n) is 9.59. The predicted molar refractivity (Wildman–Crippen MR) is 67.5 cm³/mol. The molecule has 1 unspecified atom stereocenters. The van der Waals surface area contributed by atoms with Crippen molar-refractivity contribution in [3.05, 3.63) is 34.9 Å². The third kappa shape index (κ3) is 4.67. The van der Waals surface area contributed by atoms with Crippen LogP contribution in [-0.2, 0) is 6.42 Å². The molecule has 1 nitrogen and oxygen atoms in total. The summed E-state index contributed by atoms with van der Waals surface area (Å²) in [7, 11) is 0. The van der Waals surface area contributed by atoms with E-state index < -0.39 is 0 Å². The first kappa shape index (κ1) is 12.5. The molecular weight excluding hydrogens is 206 g/mol. The molecular formula is C13H20ClN. The Morgan fingerprint density at radius 2 is 1.87 bits per heavy atom. The van der Waals surface area contributed by atoms with Gasteiger partial charge in [-0.2, -0.15) is 0 Å². The van der Waals surface area contributed by atoms with Crippen molar-refractivity contribution in [3.8, 4) is 0 Å². The quantitative estimate of drug-likeness (QED) is 0.781. The van der Waals surface area contributed by atoms with Crippen molar-refractivity contribution in [1.82, 2.24) is 5.32 Å². The highest BCUT2D eigenvalue weighted by molar-refractivity contribution is 6.30. The smallest absolute Gasteiger partial charge is 0.0406 e. The van der Waals surface area contributed by atoms with Gasteiger partial charge in [-0.1, -0.05) is 44.0 Å². The minimum absolute atomic E-state index is 0.728. The number of halogens is 1. The lowest BCUT2D eigenvalue weighted by Crippen LogP contribution is -2.23. The second kappa shape index (κ2) is 6.86. The Hall–Kier alpha value is -0.530. The Balaban J connectivity index is 2.47. The van der Waals surface area contributed by atoms with E-state index in [-0.39, 0.29) is 0 Å². The van der Waals surface area contributed by atoms with E-state index in [0.717, 1.165) is 30.5 Å². The minimum Gasteiger partial charge on any atom is -0.317 e. The first-order chi connectivity index (χ1) is 7.26. The zero-order valence-corrected chi connectivity index (χ0v) is 10.3. The molecule has 0 amide bonds. The van der Waals surface area contributed by atoms with Crippen molar-refractivity contribution in [2.75, 3.05) is 13.1 Å². The maximum atomic E-state index is 5.85. The lowest BCUT2D eigenvalue weighted by Gasteiger charge is -2.15. The molecule has 1 rings (SSSR count). The summed E-state index contributed by atoms with van der Waals surface area (Å²) < 4.78 is 0. The van der Waals surface area contributed by atoms with Crippen LogP contribution in [0.4, 0.5) is 0 Å². The third-order valence-corrected chi connectivity index (χ3v) is 2.95. The van der Waals surface area contributed by atoms with Gasteiger partial charge < -0.3 is 5.32 Å². The second-order valence-corrected chi connectivity index (χ2v) is 4.35. The van der Waals surface area contributed by atoms with E-state index in [0.29, 0.717) is 0 Å². The molecule has 0 heterocycles. The molecule has 1 atom stereocenters. The van der Waals surface area contributed by atoms with Gasteiger partial charge in [0.05, 0.1) is 0 Å². The van der Waals surface area contributed by atoms with Gasteiger partial charge in [0.15, 0.2) is 0 Å². The van der Waals surface area contributed by atoms with Crippen molar-refractivity contribution in [2.24, 2.45) is 5.92 Å². The average molecular weight is 226 g/mol. The average Bonchev–Trinajstić information content (AvgIpc) is 2.27. The highest BCUT2D eigenvalue weighted by Crippen LogP contribution is 2.14. The summed E-state index contributed by atoms with van der Waals surface area (Å²) in [5, 5.41) is 4.22. The molecule has 0 bridgehead atoms. The molecule has 0 aliphatic heterocycles. The highest BCUT2D eigenvalue weighted by atomic mass is 35.5. The number of hydrogen-bond acceptors (Lipinski definition) is 1. The Morgan fingerprint density at radius 1 is 1.20 bits per heavy atom. The van der Waals surface area contributed by atoms with E-state index in [2.05, 4.69) is 31.3 Å². The maximum absolute atomic E-state index is 5.85. The first-order valence-corrected chi connectivity index (χ1v) is 6.09. The van der Waals surface area contributed by atoms with Crippen LogP contribution in [0.3, 0.4) is 0 Å². The Bertz CT molecular complexity index is 268. The van der Waals surface area contributed by atoms with Crippen LogP contribution >= 0.6 is 11.6 Å². The lowest BCUT2D eigenvalue weighted by atomic mass is 9.97. The van der Waals surface area contributed by atoms with Crippen molar-refractivity contribution in [1.29, 1.82) is 0 Å². The van der Waals surface area contributed by atoms with Gasteiger partial charge in [0, 0.05) is 5.02 Å². The monoisotopic (exact) mass is 225 g/mol. The topological polar surface area (TPSA) is 12.0 Å².